The third-order valence-corrected chi connectivity index (χ3v) is 4.81. The summed E-state index contributed by atoms with van der Waals surface area (Å²) < 4.78 is 0.466. The number of amides is 2. The summed E-state index contributed by atoms with van der Waals surface area (Å²) in [6, 6.07) is 6.78. The predicted octanol–water partition coefficient (Wildman–Crippen LogP) is 2.92. The van der Waals surface area contributed by atoms with Crippen LogP contribution in [0, 0.1) is 0 Å². The van der Waals surface area contributed by atoms with Crippen molar-refractivity contribution in [2.45, 2.75) is 18.6 Å². The van der Waals surface area contributed by atoms with E-state index in [1.807, 2.05) is 6.92 Å². The molecule has 2 rings (SSSR count). The Bertz CT molecular complexity index is 548. The number of thiocarbonyl (C=S) groups is 1. The fourth-order valence-electron chi connectivity index (χ4n) is 1.78. The predicted molar refractivity (Wildman–Crippen MR) is 86.1 cm³/mol. The van der Waals surface area contributed by atoms with Crippen molar-refractivity contribution in [1.29, 1.82) is 0 Å². The average molecular weight is 329 g/mol. The maximum atomic E-state index is 12.0. The number of thioether (sulfide) groups is 1. The van der Waals surface area contributed by atoms with Crippen molar-refractivity contribution in [2.75, 3.05) is 11.9 Å². The second-order valence-electron chi connectivity index (χ2n) is 4.26. The van der Waals surface area contributed by atoms with Crippen LogP contribution in [0.25, 0.3) is 0 Å². The van der Waals surface area contributed by atoms with Crippen LogP contribution in [0.4, 0.5) is 5.69 Å². The van der Waals surface area contributed by atoms with Gasteiger partial charge in [-0.3, -0.25) is 14.5 Å². The summed E-state index contributed by atoms with van der Waals surface area (Å²) in [5.41, 5.74) is 0.636. The molecule has 0 radical (unpaired) electrons. The van der Waals surface area contributed by atoms with Crippen LogP contribution in [0.2, 0.25) is 5.02 Å². The van der Waals surface area contributed by atoms with Crippen LogP contribution in [0.5, 0.6) is 0 Å². The molecule has 1 aromatic rings. The van der Waals surface area contributed by atoms with Gasteiger partial charge in [0.2, 0.25) is 11.8 Å². The van der Waals surface area contributed by atoms with Gasteiger partial charge in [0.1, 0.15) is 10.9 Å². The van der Waals surface area contributed by atoms with E-state index in [4.69, 9.17) is 23.8 Å². The highest BCUT2D eigenvalue weighted by atomic mass is 35.5. The number of rotatable bonds is 4. The number of halogens is 1. The first-order chi connectivity index (χ1) is 9.51. The molecule has 0 unspecified atom stereocenters. The third-order valence-electron chi connectivity index (χ3n) is 2.81. The van der Waals surface area contributed by atoms with Gasteiger partial charge >= 0.3 is 0 Å². The Morgan fingerprint density at radius 1 is 1.45 bits per heavy atom. The van der Waals surface area contributed by atoms with E-state index >= 15 is 0 Å². The summed E-state index contributed by atoms with van der Waals surface area (Å²) in [4.78, 5) is 25.3. The van der Waals surface area contributed by atoms with Crippen LogP contribution in [0.15, 0.2) is 24.3 Å². The highest BCUT2D eigenvalue weighted by Gasteiger charge is 2.36. The topological polar surface area (TPSA) is 49.4 Å². The lowest BCUT2D eigenvalue weighted by molar-refractivity contribution is -0.129. The van der Waals surface area contributed by atoms with Crippen molar-refractivity contribution < 1.29 is 9.59 Å². The lowest BCUT2D eigenvalue weighted by atomic mass is 10.3. The molecule has 0 bridgehead atoms. The van der Waals surface area contributed by atoms with E-state index in [2.05, 4.69) is 5.32 Å². The molecule has 1 aromatic carbocycles. The van der Waals surface area contributed by atoms with Crippen molar-refractivity contribution in [1.82, 2.24) is 4.90 Å². The zero-order valence-corrected chi connectivity index (χ0v) is 13.1. The minimum atomic E-state index is -0.277. The van der Waals surface area contributed by atoms with E-state index in [-0.39, 0.29) is 23.6 Å². The first-order valence-electron chi connectivity index (χ1n) is 6.08. The molecule has 7 heteroatoms. The molecule has 20 heavy (non-hydrogen) atoms. The monoisotopic (exact) mass is 328 g/mol. The first kappa shape index (κ1) is 15.3. The highest BCUT2D eigenvalue weighted by Crippen LogP contribution is 2.29. The molecule has 0 aromatic heterocycles. The number of benzene rings is 1. The van der Waals surface area contributed by atoms with Gasteiger partial charge in [-0.25, -0.2) is 0 Å². The van der Waals surface area contributed by atoms with Gasteiger partial charge in [-0.2, -0.15) is 0 Å². The highest BCUT2D eigenvalue weighted by molar-refractivity contribution is 8.24. The molecule has 0 aliphatic carbocycles. The number of hydrogen-bond donors (Lipinski definition) is 1. The zero-order valence-electron chi connectivity index (χ0n) is 10.8. The molecule has 1 heterocycles. The van der Waals surface area contributed by atoms with Gasteiger partial charge < -0.3 is 5.32 Å². The Balaban J connectivity index is 1.96. The Morgan fingerprint density at radius 3 is 2.65 bits per heavy atom. The number of anilines is 1. The lowest BCUT2D eigenvalue weighted by Crippen LogP contribution is -2.38. The summed E-state index contributed by atoms with van der Waals surface area (Å²) in [7, 11) is 0. The number of carbonyl (C=O) groups is 2. The van der Waals surface area contributed by atoms with Gasteiger partial charge in [-0.05, 0) is 30.7 Å². The number of nitrogens with one attached hydrogen (secondary N) is 1. The quantitative estimate of drug-likeness (QED) is 0.863. The maximum Gasteiger partial charge on any atom is 0.244 e. The zero-order chi connectivity index (χ0) is 14.7. The van der Waals surface area contributed by atoms with Gasteiger partial charge in [0, 0.05) is 10.7 Å². The first-order valence-corrected chi connectivity index (χ1v) is 7.75. The van der Waals surface area contributed by atoms with Crippen molar-refractivity contribution in [3.05, 3.63) is 29.3 Å². The molecule has 1 saturated heterocycles. The van der Waals surface area contributed by atoms with Crippen molar-refractivity contribution in [2.24, 2.45) is 0 Å². The molecule has 1 atom stereocenters. The summed E-state index contributed by atoms with van der Waals surface area (Å²) in [6.45, 7) is 1.87. The number of carbonyl (C=O) groups excluding carboxylic acids is 2. The van der Waals surface area contributed by atoms with Crippen LogP contribution in [0.1, 0.15) is 13.3 Å². The van der Waals surface area contributed by atoms with Crippen molar-refractivity contribution in [3.63, 3.8) is 0 Å². The summed E-state index contributed by atoms with van der Waals surface area (Å²) in [6.07, 6.45) is 0.707. The molecule has 1 fully saturated rings. The summed E-state index contributed by atoms with van der Waals surface area (Å²) in [5, 5.41) is 3.15. The van der Waals surface area contributed by atoms with E-state index < -0.39 is 0 Å². The van der Waals surface area contributed by atoms with Crippen LogP contribution < -0.4 is 5.32 Å². The molecular formula is C13H13ClN2O2S2. The molecule has 106 valence electrons. The molecule has 2 amide bonds. The molecule has 4 nitrogen and oxygen atoms in total. The van der Waals surface area contributed by atoms with Crippen LogP contribution in [-0.4, -0.2) is 32.8 Å². The van der Waals surface area contributed by atoms with Gasteiger partial charge in [0.25, 0.3) is 0 Å². The Labute approximate surface area is 131 Å². The Kier molecular flexibility index (Phi) is 5.01. The second-order valence-corrected chi connectivity index (χ2v) is 6.53. The maximum absolute atomic E-state index is 12.0. The molecule has 0 saturated carbocycles. The summed E-state index contributed by atoms with van der Waals surface area (Å²) in [5.74, 6) is -0.367. The van der Waals surface area contributed by atoms with Crippen LogP contribution >= 0.6 is 35.6 Å². The molecular weight excluding hydrogens is 316 g/mol. The van der Waals surface area contributed by atoms with Gasteiger partial charge in [-0.1, -0.05) is 42.5 Å². The summed E-state index contributed by atoms with van der Waals surface area (Å²) >= 11 is 12.2. The van der Waals surface area contributed by atoms with E-state index in [0.717, 1.165) is 0 Å². The Hall–Kier alpha value is -1.11. The lowest BCUT2D eigenvalue weighted by Gasteiger charge is -2.15. The van der Waals surface area contributed by atoms with E-state index in [9.17, 15) is 9.59 Å². The minimum Gasteiger partial charge on any atom is -0.325 e. The molecule has 1 aliphatic rings. The number of nitrogens with zero attached hydrogens (tertiary/aromatic N) is 1. The second kappa shape index (κ2) is 6.56. The van der Waals surface area contributed by atoms with E-state index in [1.54, 1.807) is 24.3 Å². The minimum absolute atomic E-state index is 0.0518. The van der Waals surface area contributed by atoms with Gasteiger partial charge in [0.05, 0.1) is 5.25 Å². The molecule has 0 spiro atoms. The third kappa shape index (κ3) is 3.50. The standard InChI is InChI=1S/C13H13ClN2O2S2/c1-2-10-12(18)16(13(19)20-10)7-11(17)15-9-5-3-8(14)4-6-9/h3-6,10H,2,7H2,1H3,(H,15,17)/t10-/m1/s1. The fraction of sp³-hybridized carbons (Fsp3) is 0.308. The number of hydrogen-bond acceptors (Lipinski definition) is 4. The molecule has 1 aliphatic heterocycles. The smallest absolute Gasteiger partial charge is 0.244 e. The van der Waals surface area contributed by atoms with Gasteiger partial charge in [-0.15, -0.1) is 0 Å². The normalized spacial score (nSPS) is 18.5. The largest absolute Gasteiger partial charge is 0.325 e. The van der Waals surface area contributed by atoms with Crippen molar-refractivity contribution >= 4 is 57.4 Å². The Morgan fingerprint density at radius 2 is 2.10 bits per heavy atom. The van der Waals surface area contributed by atoms with Crippen molar-refractivity contribution in [3.8, 4) is 0 Å². The average Bonchev–Trinajstić information content (AvgIpc) is 2.69. The fourth-order valence-corrected chi connectivity index (χ4v) is 3.33. The SMILES string of the molecule is CC[C@H]1SC(=S)N(CC(=O)Nc2ccc(Cl)cc2)C1=O. The van der Waals surface area contributed by atoms with Crippen LogP contribution in [-0.2, 0) is 9.59 Å². The molecule has 1 N–H and O–H groups in total. The van der Waals surface area contributed by atoms with Crippen LogP contribution in [0.3, 0.4) is 0 Å². The van der Waals surface area contributed by atoms with E-state index in [0.29, 0.717) is 21.5 Å². The van der Waals surface area contributed by atoms with E-state index in [1.165, 1.54) is 16.7 Å². The van der Waals surface area contributed by atoms with Gasteiger partial charge in [0.15, 0.2) is 0 Å².